The minimum Gasteiger partial charge on any atom is -0.384 e. The van der Waals surface area contributed by atoms with E-state index in [1.54, 1.807) is 16.8 Å². The molecule has 5 heteroatoms. The average molecular weight is 289 g/mol. The number of piperazine rings is 1. The summed E-state index contributed by atoms with van der Waals surface area (Å²) in [5, 5.41) is 3.29. The number of carbonyl (C=O) groups is 2. The van der Waals surface area contributed by atoms with Crippen LogP contribution in [0.2, 0.25) is 0 Å². The Bertz CT molecular complexity index is 542. The number of anilines is 1. The van der Waals surface area contributed by atoms with Crippen LogP contribution < -0.4 is 5.32 Å². The van der Waals surface area contributed by atoms with Gasteiger partial charge in [-0.25, -0.2) is 0 Å². The van der Waals surface area contributed by atoms with E-state index in [1.807, 2.05) is 25.1 Å². The second-order valence-electron chi connectivity index (χ2n) is 5.52. The molecule has 1 aromatic rings. The number of hydrogen-bond donors (Lipinski definition) is 1. The summed E-state index contributed by atoms with van der Waals surface area (Å²) in [6, 6.07) is 5.82. The van der Waals surface area contributed by atoms with Gasteiger partial charge in [0.05, 0.1) is 5.56 Å². The minimum atomic E-state index is -0.0706. The van der Waals surface area contributed by atoms with Crippen molar-refractivity contribution in [1.82, 2.24) is 9.80 Å². The zero-order valence-corrected chi connectivity index (χ0v) is 13.0. The first-order valence-corrected chi connectivity index (χ1v) is 7.40. The molecule has 2 amide bonds. The van der Waals surface area contributed by atoms with Crippen molar-refractivity contribution in [3.63, 3.8) is 0 Å². The lowest BCUT2D eigenvalue weighted by Crippen LogP contribution is -2.50. The Kier molecular flexibility index (Phi) is 4.83. The van der Waals surface area contributed by atoms with Crippen molar-refractivity contribution < 1.29 is 9.59 Å². The van der Waals surface area contributed by atoms with Crippen LogP contribution in [-0.4, -0.2) is 54.8 Å². The van der Waals surface area contributed by atoms with Gasteiger partial charge < -0.3 is 15.1 Å². The van der Waals surface area contributed by atoms with Crippen molar-refractivity contribution in [2.24, 2.45) is 0 Å². The number of amides is 2. The van der Waals surface area contributed by atoms with Gasteiger partial charge in [-0.15, -0.1) is 0 Å². The largest absolute Gasteiger partial charge is 0.384 e. The number of nitrogens with zero attached hydrogens (tertiary/aromatic N) is 2. The Morgan fingerprint density at radius 1 is 1.33 bits per heavy atom. The third kappa shape index (κ3) is 3.54. The van der Waals surface area contributed by atoms with Crippen LogP contribution in [0, 0.1) is 6.92 Å². The van der Waals surface area contributed by atoms with Crippen molar-refractivity contribution in [2.45, 2.75) is 20.3 Å². The maximum absolute atomic E-state index is 12.7. The fourth-order valence-electron chi connectivity index (χ4n) is 2.35. The van der Waals surface area contributed by atoms with Crippen LogP contribution in [0.25, 0.3) is 0 Å². The average Bonchev–Trinajstić information content (AvgIpc) is 2.48. The smallest absolute Gasteiger partial charge is 0.256 e. The van der Waals surface area contributed by atoms with Crippen LogP contribution in [0.15, 0.2) is 18.2 Å². The number of aryl methyl sites for hydroxylation is 1. The summed E-state index contributed by atoms with van der Waals surface area (Å²) >= 11 is 0. The van der Waals surface area contributed by atoms with Gasteiger partial charge >= 0.3 is 0 Å². The molecule has 1 aliphatic heterocycles. The molecule has 0 spiro atoms. The van der Waals surface area contributed by atoms with Gasteiger partial charge in [0.15, 0.2) is 0 Å². The highest BCUT2D eigenvalue weighted by Crippen LogP contribution is 2.20. The summed E-state index contributed by atoms with van der Waals surface area (Å²) in [5.74, 6) is -0.0796. The van der Waals surface area contributed by atoms with Crippen LogP contribution in [0.1, 0.15) is 29.3 Å². The molecule has 0 aliphatic carbocycles. The summed E-state index contributed by atoms with van der Waals surface area (Å²) in [4.78, 5) is 27.8. The summed E-state index contributed by atoms with van der Waals surface area (Å²) in [6.07, 6.45) is 0.995. The van der Waals surface area contributed by atoms with E-state index in [0.717, 1.165) is 24.2 Å². The molecule has 1 aromatic carbocycles. The van der Waals surface area contributed by atoms with Crippen molar-refractivity contribution in [3.8, 4) is 0 Å². The van der Waals surface area contributed by atoms with Crippen molar-refractivity contribution in [2.75, 3.05) is 38.5 Å². The number of nitrogens with one attached hydrogen (secondary N) is 1. The lowest BCUT2D eigenvalue weighted by atomic mass is 10.1. The van der Waals surface area contributed by atoms with Crippen LogP contribution in [0.5, 0.6) is 0 Å². The Morgan fingerprint density at radius 3 is 2.76 bits per heavy atom. The van der Waals surface area contributed by atoms with Gasteiger partial charge in [0.1, 0.15) is 6.54 Å². The standard InChI is InChI=1S/C16H23N3O2/c1-4-7-17-14-6-5-12(2)10-13(14)16(21)19-9-8-18(3)15(20)11-19/h5-6,10,17H,4,7-9,11H2,1-3H3. The fourth-order valence-corrected chi connectivity index (χ4v) is 2.35. The van der Waals surface area contributed by atoms with E-state index >= 15 is 0 Å². The molecule has 1 N–H and O–H groups in total. The molecule has 0 radical (unpaired) electrons. The molecule has 1 aliphatic rings. The van der Waals surface area contributed by atoms with E-state index in [1.165, 1.54) is 0 Å². The Balaban J connectivity index is 2.21. The zero-order chi connectivity index (χ0) is 15.4. The number of rotatable bonds is 4. The van der Waals surface area contributed by atoms with Crippen molar-refractivity contribution >= 4 is 17.5 Å². The topological polar surface area (TPSA) is 52.7 Å². The molecule has 0 aromatic heterocycles. The second kappa shape index (κ2) is 6.61. The molecule has 2 rings (SSSR count). The van der Waals surface area contributed by atoms with E-state index in [-0.39, 0.29) is 18.4 Å². The molecule has 1 fully saturated rings. The highest BCUT2D eigenvalue weighted by molar-refractivity contribution is 6.01. The highest BCUT2D eigenvalue weighted by atomic mass is 16.2. The van der Waals surface area contributed by atoms with Crippen LogP contribution in [-0.2, 0) is 4.79 Å². The number of benzene rings is 1. The molecule has 0 unspecified atom stereocenters. The first kappa shape index (κ1) is 15.4. The normalized spacial score (nSPS) is 15.3. The summed E-state index contributed by atoms with van der Waals surface area (Å²) in [5.41, 5.74) is 2.54. The first-order valence-electron chi connectivity index (χ1n) is 7.40. The van der Waals surface area contributed by atoms with E-state index in [4.69, 9.17) is 0 Å². The summed E-state index contributed by atoms with van der Waals surface area (Å²) in [6.45, 7) is 6.22. The maximum Gasteiger partial charge on any atom is 0.256 e. The van der Waals surface area contributed by atoms with Crippen molar-refractivity contribution in [1.29, 1.82) is 0 Å². The van der Waals surface area contributed by atoms with Gasteiger partial charge in [-0.2, -0.15) is 0 Å². The molecule has 0 bridgehead atoms. The molecule has 1 saturated heterocycles. The molecular weight excluding hydrogens is 266 g/mol. The number of hydrogen-bond acceptors (Lipinski definition) is 3. The third-order valence-corrected chi connectivity index (χ3v) is 3.72. The molecule has 5 nitrogen and oxygen atoms in total. The highest BCUT2D eigenvalue weighted by Gasteiger charge is 2.26. The van der Waals surface area contributed by atoms with E-state index in [0.29, 0.717) is 18.7 Å². The minimum absolute atomic E-state index is 0.00896. The lowest BCUT2D eigenvalue weighted by molar-refractivity contribution is -0.133. The Hall–Kier alpha value is -2.04. The van der Waals surface area contributed by atoms with Gasteiger partial charge in [-0.3, -0.25) is 9.59 Å². The SMILES string of the molecule is CCCNc1ccc(C)cc1C(=O)N1CCN(C)C(=O)C1. The molecule has 0 saturated carbocycles. The quantitative estimate of drug-likeness (QED) is 0.918. The van der Waals surface area contributed by atoms with E-state index in [2.05, 4.69) is 12.2 Å². The fraction of sp³-hybridized carbons (Fsp3) is 0.500. The van der Waals surface area contributed by atoms with Gasteiger partial charge in [0, 0.05) is 32.4 Å². The Morgan fingerprint density at radius 2 is 2.10 bits per heavy atom. The molecule has 21 heavy (non-hydrogen) atoms. The second-order valence-corrected chi connectivity index (χ2v) is 5.52. The molecule has 0 atom stereocenters. The first-order chi connectivity index (χ1) is 10.0. The summed E-state index contributed by atoms with van der Waals surface area (Å²) in [7, 11) is 1.77. The predicted octanol–water partition coefficient (Wildman–Crippen LogP) is 1.73. The molecule has 114 valence electrons. The third-order valence-electron chi connectivity index (χ3n) is 3.72. The lowest BCUT2D eigenvalue weighted by Gasteiger charge is -2.32. The van der Waals surface area contributed by atoms with Gasteiger partial charge in [-0.05, 0) is 25.5 Å². The van der Waals surface area contributed by atoms with Crippen LogP contribution in [0.4, 0.5) is 5.69 Å². The van der Waals surface area contributed by atoms with E-state index < -0.39 is 0 Å². The molecular formula is C16H23N3O2. The maximum atomic E-state index is 12.7. The van der Waals surface area contributed by atoms with E-state index in [9.17, 15) is 9.59 Å². The monoisotopic (exact) mass is 289 g/mol. The predicted molar refractivity (Wildman–Crippen MR) is 83.5 cm³/mol. The van der Waals surface area contributed by atoms with Gasteiger partial charge in [0.2, 0.25) is 5.91 Å². The van der Waals surface area contributed by atoms with Gasteiger partial charge in [-0.1, -0.05) is 18.6 Å². The van der Waals surface area contributed by atoms with Crippen LogP contribution in [0.3, 0.4) is 0 Å². The van der Waals surface area contributed by atoms with Crippen molar-refractivity contribution in [3.05, 3.63) is 29.3 Å². The molecule has 1 heterocycles. The Labute approximate surface area is 125 Å². The van der Waals surface area contributed by atoms with Gasteiger partial charge in [0.25, 0.3) is 5.91 Å². The number of carbonyl (C=O) groups excluding carboxylic acids is 2. The zero-order valence-electron chi connectivity index (χ0n) is 13.0. The number of likely N-dealkylation sites (N-methyl/N-ethyl adjacent to an activating group) is 1. The van der Waals surface area contributed by atoms with Crippen LogP contribution >= 0.6 is 0 Å². The summed E-state index contributed by atoms with van der Waals surface area (Å²) < 4.78 is 0.